The molecule has 24 heavy (non-hydrogen) atoms. The van der Waals surface area contributed by atoms with Gasteiger partial charge in [-0.3, -0.25) is 0 Å². The van der Waals surface area contributed by atoms with Crippen LogP contribution in [0.1, 0.15) is 98.3 Å². The summed E-state index contributed by atoms with van der Waals surface area (Å²) in [7, 11) is 0. The topological polar surface area (TPSA) is 56.7 Å². The molecule has 0 aliphatic rings. The molecule has 4 heteroatoms. The van der Waals surface area contributed by atoms with Crippen LogP contribution in [0, 0.1) is 11.8 Å². The van der Waals surface area contributed by atoms with Crippen molar-refractivity contribution in [2.24, 2.45) is 17.6 Å². The largest absolute Gasteiger partial charge is 0.307 e. The van der Waals surface area contributed by atoms with Crippen molar-refractivity contribution in [2.75, 3.05) is 0 Å². The summed E-state index contributed by atoms with van der Waals surface area (Å²) in [4.78, 5) is 4.15. The van der Waals surface area contributed by atoms with Crippen LogP contribution < -0.4 is 5.73 Å². The SMILES string of the molecule is CCCCC(CC)CCC(N)(CC(CC)CCCC)n1cncn1. The van der Waals surface area contributed by atoms with E-state index in [1.54, 1.807) is 12.7 Å². The lowest BCUT2D eigenvalue weighted by atomic mass is 9.84. The summed E-state index contributed by atoms with van der Waals surface area (Å²) in [6.07, 6.45) is 16.8. The van der Waals surface area contributed by atoms with Crippen LogP contribution in [0.5, 0.6) is 0 Å². The van der Waals surface area contributed by atoms with Crippen LogP contribution in [0.15, 0.2) is 12.7 Å². The maximum atomic E-state index is 6.90. The second-order valence-corrected chi connectivity index (χ2v) is 7.52. The van der Waals surface area contributed by atoms with Gasteiger partial charge in [0, 0.05) is 0 Å². The van der Waals surface area contributed by atoms with Gasteiger partial charge in [-0.25, -0.2) is 9.67 Å². The fourth-order valence-electron chi connectivity index (χ4n) is 3.69. The molecule has 3 unspecified atom stereocenters. The van der Waals surface area contributed by atoms with Crippen LogP contribution in [0.3, 0.4) is 0 Å². The van der Waals surface area contributed by atoms with E-state index in [-0.39, 0.29) is 5.66 Å². The first-order chi connectivity index (χ1) is 11.6. The molecule has 1 heterocycles. The Balaban J connectivity index is 2.75. The quantitative estimate of drug-likeness (QED) is 0.488. The van der Waals surface area contributed by atoms with Gasteiger partial charge in [0.2, 0.25) is 0 Å². The Kier molecular flexibility index (Phi) is 10.2. The van der Waals surface area contributed by atoms with Crippen molar-refractivity contribution in [3.8, 4) is 0 Å². The van der Waals surface area contributed by atoms with Crippen molar-refractivity contribution >= 4 is 0 Å². The Bertz CT molecular complexity index is 404. The van der Waals surface area contributed by atoms with Gasteiger partial charge in [-0.05, 0) is 31.1 Å². The van der Waals surface area contributed by atoms with E-state index in [4.69, 9.17) is 5.73 Å². The predicted octanol–water partition coefficient (Wildman–Crippen LogP) is 5.49. The van der Waals surface area contributed by atoms with Crippen molar-refractivity contribution in [2.45, 2.75) is 104 Å². The van der Waals surface area contributed by atoms with E-state index in [1.807, 2.05) is 4.68 Å². The van der Waals surface area contributed by atoms with Crippen molar-refractivity contribution < 1.29 is 0 Å². The predicted molar refractivity (Wildman–Crippen MR) is 103 cm³/mol. The van der Waals surface area contributed by atoms with E-state index < -0.39 is 0 Å². The lowest BCUT2D eigenvalue weighted by Crippen LogP contribution is -2.45. The van der Waals surface area contributed by atoms with Gasteiger partial charge in [0.05, 0.1) is 0 Å². The zero-order valence-corrected chi connectivity index (χ0v) is 16.5. The molecule has 1 rings (SSSR count). The average Bonchev–Trinajstić information content (AvgIpc) is 3.14. The van der Waals surface area contributed by atoms with Gasteiger partial charge in [0.25, 0.3) is 0 Å². The number of hydrogen-bond donors (Lipinski definition) is 1. The zero-order chi connectivity index (χ0) is 17.8. The summed E-state index contributed by atoms with van der Waals surface area (Å²) in [5.41, 5.74) is 6.52. The second kappa shape index (κ2) is 11.6. The number of rotatable bonds is 14. The van der Waals surface area contributed by atoms with Gasteiger partial charge in [-0.1, -0.05) is 79.1 Å². The van der Waals surface area contributed by atoms with E-state index in [9.17, 15) is 0 Å². The van der Waals surface area contributed by atoms with Crippen LogP contribution in [-0.4, -0.2) is 14.8 Å². The molecule has 3 atom stereocenters. The number of nitrogens with two attached hydrogens (primary N) is 1. The van der Waals surface area contributed by atoms with Crippen molar-refractivity contribution in [1.82, 2.24) is 14.8 Å². The van der Waals surface area contributed by atoms with Crippen LogP contribution in [-0.2, 0) is 5.66 Å². The first-order valence-electron chi connectivity index (χ1n) is 10.2. The Morgan fingerprint density at radius 3 is 2.08 bits per heavy atom. The third-order valence-corrected chi connectivity index (χ3v) is 5.59. The lowest BCUT2D eigenvalue weighted by Gasteiger charge is -2.34. The summed E-state index contributed by atoms with van der Waals surface area (Å²) >= 11 is 0. The maximum Gasteiger partial charge on any atom is 0.137 e. The molecule has 0 aliphatic carbocycles. The van der Waals surface area contributed by atoms with Gasteiger partial charge >= 0.3 is 0 Å². The molecular weight excluding hydrogens is 296 g/mol. The molecule has 140 valence electrons. The molecule has 0 aliphatic heterocycles. The Morgan fingerprint density at radius 1 is 0.958 bits per heavy atom. The zero-order valence-electron chi connectivity index (χ0n) is 16.5. The highest BCUT2D eigenvalue weighted by atomic mass is 15.4. The first kappa shape index (κ1) is 21.1. The van der Waals surface area contributed by atoms with E-state index in [1.165, 1.54) is 57.8 Å². The molecule has 1 aromatic heterocycles. The summed E-state index contributed by atoms with van der Waals surface area (Å²) in [6, 6.07) is 0. The van der Waals surface area contributed by atoms with Crippen LogP contribution in [0.2, 0.25) is 0 Å². The minimum absolute atomic E-state index is 0.384. The van der Waals surface area contributed by atoms with Crippen LogP contribution >= 0.6 is 0 Å². The standard InChI is InChI=1S/C20H40N4/c1-5-9-11-18(7-3)13-14-20(21,24-17-22-16-23-24)15-19(8-4)12-10-6-2/h16-19H,5-15,21H2,1-4H3. The monoisotopic (exact) mass is 336 g/mol. The third kappa shape index (κ3) is 6.92. The molecule has 1 aromatic rings. The fourth-order valence-corrected chi connectivity index (χ4v) is 3.69. The molecule has 0 radical (unpaired) electrons. The number of aromatic nitrogens is 3. The minimum Gasteiger partial charge on any atom is -0.307 e. The number of nitrogens with zero attached hydrogens (tertiary/aromatic N) is 3. The van der Waals surface area contributed by atoms with Crippen molar-refractivity contribution in [1.29, 1.82) is 0 Å². The normalized spacial score (nSPS) is 16.7. The van der Waals surface area contributed by atoms with Gasteiger partial charge in [0.1, 0.15) is 18.3 Å². The Labute approximate surface area is 149 Å². The van der Waals surface area contributed by atoms with Gasteiger partial charge < -0.3 is 5.73 Å². The van der Waals surface area contributed by atoms with Crippen LogP contribution in [0.25, 0.3) is 0 Å². The van der Waals surface area contributed by atoms with Gasteiger partial charge in [0.15, 0.2) is 0 Å². The summed E-state index contributed by atoms with van der Waals surface area (Å²) in [5.74, 6) is 1.46. The molecular formula is C20H40N4. The van der Waals surface area contributed by atoms with Crippen molar-refractivity contribution in [3.05, 3.63) is 12.7 Å². The highest BCUT2D eigenvalue weighted by Crippen LogP contribution is 2.31. The highest BCUT2D eigenvalue weighted by Gasteiger charge is 2.31. The van der Waals surface area contributed by atoms with Gasteiger partial charge in [-0.15, -0.1) is 0 Å². The molecule has 0 spiro atoms. The summed E-state index contributed by atoms with van der Waals surface area (Å²) in [5, 5.41) is 4.40. The van der Waals surface area contributed by atoms with E-state index >= 15 is 0 Å². The second-order valence-electron chi connectivity index (χ2n) is 7.52. The molecule has 0 aromatic carbocycles. The lowest BCUT2D eigenvalue weighted by molar-refractivity contribution is 0.160. The molecule has 0 fully saturated rings. The average molecular weight is 337 g/mol. The maximum absolute atomic E-state index is 6.90. The molecule has 0 saturated heterocycles. The Hall–Kier alpha value is -0.900. The van der Waals surface area contributed by atoms with E-state index in [0.717, 1.165) is 18.8 Å². The molecule has 0 saturated carbocycles. The molecule has 0 amide bonds. The van der Waals surface area contributed by atoms with Gasteiger partial charge in [-0.2, -0.15) is 5.10 Å². The molecule has 4 nitrogen and oxygen atoms in total. The third-order valence-electron chi connectivity index (χ3n) is 5.59. The summed E-state index contributed by atoms with van der Waals surface area (Å²) < 4.78 is 1.92. The Morgan fingerprint density at radius 2 is 1.58 bits per heavy atom. The fraction of sp³-hybridized carbons (Fsp3) is 0.900. The smallest absolute Gasteiger partial charge is 0.137 e. The van der Waals surface area contributed by atoms with Crippen LogP contribution in [0.4, 0.5) is 0 Å². The van der Waals surface area contributed by atoms with E-state index in [0.29, 0.717) is 5.92 Å². The van der Waals surface area contributed by atoms with E-state index in [2.05, 4.69) is 37.8 Å². The first-order valence-corrected chi connectivity index (χ1v) is 10.2. The molecule has 0 bridgehead atoms. The van der Waals surface area contributed by atoms with Crippen molar-refractivity contribution in [3.63, 3.8) is 0 Å². The molecule has 2 N–H and O–H groups in total. The number of hydrogen-bond acceptors (Lipinski definition) is 3. The summed E-state index contributed by atoms with van der Waals surface area (Å²) in [6.45, 7) is 9.14. The minimum atomic E-state index is -0.384. The highest BCUT2D eigenvalue weighted by molar-refractivity contribution is 4.84. The number of unbranched alkanes of at least 4 members (excludes halogenated alkanes) is 2.